The van der Waals surface area contributed by atoms with E-state index in [0.717, 1.165) is 24.8 Å². The zero-order valence-corrected chi connectivity index (χ0v) is 22.1. The summed E-state index contributed by atoms with van der Waals surface area (Å²) in [4.78, 5) is 30.6. The summed E-state index contributed by atoms with van der Waals surface area (Å²) in [5.41, 5.74) is 0.124. The smallest absolute Gasteiger partial charge is 0.223 e. The summed E-state index contributed by atoms with van der Waals surface area (Å²) in [6, 6.07) is -0.315. The van der Waals surface area contributed by atoms with Gasteiger partial charge >= 0.3 is 0 Å². The van der Waals surface area contributed by atoms with Crippen molar-refractivity contribution in [3.8, 4) is 0 Å². The number of oxazole rings is 1. The van der Waals surface area contributed by atoms with E-state index in [1.807, 2.05) is 19.9 Å². The molecule has 1 aromatic heterocycles. The molecule has 0 bridgehead atoms. The van der Waals surface area contributed by atoms with Crippen LogP contribution in [0.2, 0.25) is 0 Å². The van der Waals surface area contributed by atoms with Crippen molar-refractivity contribution in [3.63, 3.8) is 0 Å². The summed E-state index contributed by atoms with van der Waals surface area (Å²) in [6.07, 6.45) is 4.31. The zero-order valence-electron chi connectivity index (χ0n) is 22.1. The first kappa shape index (κ1) is 27.6. The Hall–Kier alpha value is -2.03. The zero-order chi connectivity index (χ0) is 26.1. The monoisotopic (exact) mass is 490 g/mol. The lowest BCUT2D eigenvalue weighted by molar-refractivity contribution is -0.143. The highest BCUT2D eigenvalue weighted by Crippen LogP contribution is 2.44. The summed E-state index contributed by atoms with van der Waals surface area (Å²) in [5.74, 6) is -0.732. The van der Waals surface area contributed by atoms with Crippen molar-refractivity contribution in [1.82, 2.24) is 10.3 Å². The number of aryl methyl sites for hydroxylation is 1. The number of ketones is 1. The first-order valence-corrected chi connectivity index (χ1v) is 12.7. The van der Waals surface area contributed by atoms with Gasteiger partial charge in [0.25, 0.3) is 0 Å². The van der Waals surface area contributed by atoms with E-state index in [1.165, 1.54) is 0 Å². The van der Waals surface area contributed by atoms with Crippen molar-refractivity contribution in [3.05, 3.63) is 23.4 Å². The maximum atomic E-state index is 13.2. The average molecular weight is 491 g/mol. The molecule has 2 fully saturated rings. The van der Waals surface area contributed by atoms with Gasteiger partial charge in [-0.25, -0.2) is 4.98 Å². The van der Waals surface area contributed by atoms with Gasteiger partial charge in [0.15, 0.2) is 5.89 Å². The maximum absolute atomic E-state index is 13.2. The molecule has 8 nitrogen and oxygen atoms in total. The summed E-state index contributed by atoms with van der Waals surface area (Å²) in [7, 11) is 0. The van der Waals surface area contributed by atoms with Crippen LogP contribution in [0.5, 0.6) is 0 Å². The Balaban J connectivity index is 1.85. The number of Topliss-reactive ketones (excluding diaryl/α,β-unsaturated/α-hetero) is 1. The summed E-state index contributed by atoms with van der Waals surface area (Å²) >= 11 is 0. The largest absolute Gasteiger partial charge is 0.449 e. The molecule has 2 aliphatic rings. The second-order valence-corrected chi connectivity index (χ2v) is 11.4. The van der Waals surface area contributed by atoms with Crippen molar-refractivity contribution in [2.24, 2.45) is 17.3 Å². The van der Waals surface area contributed by atoms with Crippen LogP contribution in [0, 0.1) is 24.2 Å². The third-order valence-corrected chi connectivity index (χ3v) is 8.07. The number of fused-ring (bicyclic) bond motifs is 1. The minimum absolute atomic E-state index is 0.00908. The maximum Gasteiger partial charge on any atom is 0.223 e. The van der Waals surface area contributed by atoms with Gasteiger partial charge in [-0.3, -0.25) is 9.59 Å². The number of nitrogens with zero attached hydrogens (tertiary/aromatic N) is 1. The second kappa shape index (κ2) is 10.5. The summed E-state index contributed by atoms with van der Waals surface area (Å²) in [6.45, 7) is 12.7. The van der Waals surface area contributed by atoms with Crippen LogP contribution in [-0.2, 0) is 14.3 Å². The number of epoxide rings is 1. The number of ether oxygens (including phenoxy) is 1. The fourth-order valence-corrected chi connectivity index (χ4v) is 5.19. The van der Waals surface area contributed by atoms with E-state index in [-0.39, 0.29) is 41.8 Å². The van der Waals surface area contributed by atoms with E-state index >= 15 is 0 Å². The molecular formula is C27H42N2O6. The molecular weight excluding hydrogens is 448 g/mol. The molecule has 3 heterocycles. The van der Waals surface area contributed by atoms with Crippen molar-refractivity contribution in [2.75, 3.05) is 0 Å². The number of nitrogens with one attached hydrogen (secondary N) is 1. The van der Waals surface area contributed by atoms with Crippen molar-refractivity contribution in [2.45, 2.75) is 111 Å². The molecule has 3 rings (SSSR count). The van der Waals surface area contributed by atoms with E-state index in [4.69, 9.17) is 9.15 Å². The molecule has 1 amide bonds. The van der Waals surface area contributed by atoms with Crippen LogP contribution < -0.4 is 5.32 Å². The molecule has 8 heteroatoms. The van der Waals surface area contributed by atoms with Gasteiger partial charge in [0.1, 0.15) is 17.7 Å². The van der Waals surface area contributed by atoms with Crippen molar-refractivity contribution < 1.29 is 29.0 Å². The van der Waals surface area contributed by atoms with E-state index in [9.17, 15) is 19.8 Å². The quantitative estimate of drug-likeness (QED) is 0.541. The molecule has 0 radical (unpaired) electrons. The van der Waals surface area contributed by atoms with E-state index in [0.29, 0.717) is 18.0 Å². The topological polar surface area (TPSA) is 125 Å². The Bertz CT molecular complexity index is 953. The molecule has 7 atom stereocenters. The van der Waals surface area contributed by atoms with Gasteiger partial charge in [0, 0.05) is 19.3 Å². The second-order valence-electron chi connectivity index (χ2n) is 11.4. The molecule has 2 aliphatic heterocycles. The third kappa shape index (κ3) is 6.40. The number of hydrogen-bond acceptors (Lipinski definition) is 7. The van der Waals surface area contributed by atoms with Crippen LogP contribution in [0.1, 0.15) is 85.2 Å². The number of carbonyl (C=O) groups is 2. The lowest BCUT2D eigenvalue weighted by Gasteiger charge is -2.34. The summed E-state index contributed by atoms with van der Waals surface area (Å²) < 4.78 is 11.4. The van der Waals surface area contributed by atoms with Gasteiger partial charge in [0.2, 0.25) is 5.91 Å². The molecule has 0 saturated carbocycles. The number of amides is 1. The van der Waals surface area contributed by atoms with Crippen LogP contribution in [0.25, 0.3) is 6.08 Å². The van der Waals surface area contributed by atoms with Gasteiger partial charge in [-0.15, -0.1) is 0 Å². The number of aromatic nitrogens is 1. The van der Waals surface area contributed by atoms with Gasteiger partial charge < -0.3 is 24.7 Å². The van der Waals surface area contributed by atoms with Crippen molar-refractivity contribution >= 4 is 17.8 Å². The number of aliphatic hydroxyl groups is 2. The van der Waals surface area contributed by atoms with Crippen LogP contribution in [-0.4, -0.2) is 56.8 Å². The van der Waals surface area contributed by atoms with E-state index in [1.54, 1.807) is 34.0 Å². The molecule has 7 unspecified atom stereocenters. The molecule has 35 heavy (non-hydrogen) atoms. The normalized spacial score (nSPS) is 37.5. The number of rotatable bonds is 2. The Morgan fingerprint density at radius 2 is 1.91 bits per heavy atom. The standard InChI is InChI=1S/C27H42N2O6/c1-15-9-8-10-27(7)22(35-27)12-20(16(2)11-19-14-34-18(4)28-19)29-23(31)13-21(30)26(5,6)25(33)17(3)24(15)32/h11,14-15,17,20-22,24,30,32H,8-10,12-13H2,1-7H3,(H,29,31). The Morgan fingerprint density at radius 1 is 1.23 bits per heavy atom. The SMILES string of the molecule is CC(=Cc1coc(C)n1)C1CC2OC2(C)CCCC(C)C(O)C(C)C(=O)C(C)(C)C(O)CC(=O)N1. The molecule has 1 aromatic rings. The minimum atomic E-state index is -1.18. The Morgan fingerprint density at radius 3 is 2.54 bits per heavy atom. The third-order valence-electron chi connectivity index (χ3n) is 8.07. The highest BCUT2D eigenvalue weighted by Gasteiger charge is 2.52. The number of carbonyl (C=O) groups excluding carboxylic acids is 2. The number of aliphatic hydroxyl groups excluding tert-OH is 2. The van der Waals surface area contributed by atoms with Crippen LogP contribution in [0.4, 0.5) is 0 Å². The highest BCUT2D eigenvalue weighted by molar-refractivity contribution is 5.88. The predicted molar refractivity (Wildman–Crippen MR) is 132 cm³/mol. The lowest BCUT2D eigenvalue weighted by Crippen LogP contribution is -2.47. The minimum Gasteiger partial charge on any atom is -0.449 e. The van der Waals surface area contributed by atoms with Crippen LogP contribution >= 0.6 is 0 Å². The van der Waals surface area contributed by atoms with Gasteiger partial charge in [-0.2, -0.15) is 0 Å². The van der Waals surface area contributed by atoms with Crippen LogP contribution in [0.3, 0.4) is 0 Å². The highest BCUT2D eigenvalue weighted by atomic mass is 16.6. The molecule has 0 aliphatic carbocycles. The predicted octanol–water partition coefficient (Wildman–Crippen LogP) is 3.58. The Labute approximate surface area is 208 Å². The molecule has 0 aromatic carbocycles. The van der Waals surface area contributed by atoms with Gasteiger partial charge in [0.05, 0.1) is 41.8 Å². The summed E-state index contributed by atoms with van der Waals surface area (Å²) in [5, 5.41) is 24.8. The fourth-order valence-electron chi connectivity index (χ4n) is 5.19. The van der Waals surface area contributed by atoms with Crippen molar-refractivity contribution in [1.29, 1.82) is 0 Å². The van der Waals surface area contributed by atoms with E-state index < -0.39 is 23.5 Å². The van der Waals surface area contributed by atoms with Crippen LogP contribution in [0.15, 0.2) is 16.3 Å². The molecule has 0 spiro atoms. The average Bonchev–Trinajstić information content (AvgIpc) is 3.22. The van der Waals surface area contributed by atoms with E-state index in [2.05, 4.69) is 17.2 Å². The Kier molecular flexibility index (Phi) is 8.29. The number of hydrogen-bond donors (Lipinski definition) is 3. The molecule has 2 saturated heterocycles. The fraction of sp³-hybridized carbons (Fsp3) is 0.741. The van der Waals surface area contributed by atoms with Gasteiger partial charge in [-0.1, -0.05) is 34.1 Å². The molecule has 3 N–H and O–H groups in total. The lowest BCUT2D eigenvalue weighted by atomic mass is 9.72. The first-order valence-electron chi connectivity index (χ1n) is 12.7. The van der Waals surface area contributed by atoms with Gasteiger partial charge in [-0.05, 0) is 44.3 Å². The molecule has 196 valence electrons. The first-order chi connectivity index (χ1) is 16.2.